The molecule has 1 amide bonds. The van der Waals surface area contributed by atoms with Crippen LogP contribution in [0.3, 0.4) is 0 Å². The van der Waals surface area contributed by atoms with E-state index < -0.39 is 5.60 Å². The summed E-state index contributed by atoms with van der Waals surface area (Å²) in [5, 5.41) is 6.37. The molecule has 2 heterocycles. The number of guanidine groups is 1. The van der Waals surface area contributed by atoms with Gasteiger partial charge in [0.15, 0.2) is 5.96 Å². The number of nitrogens with one attached hydrogen (secondary N) is 2. The fraction of sp³-hybridized carbons (Fsp3) is 0.700. The molecule has 0 bridgehead atoms. The molecule has 0 spiro atoms. The van der Waals surface area contributed by atoms with Gasteiger partial charge in [0, 0.05) is 58.2 Å². The van der Waals surface area contributed by atoms with Crippen molar-refractivity contribution in [2.45, 2.75) is 52.2 Å². The fourth-order valence-electron chi connectivity index (χ4n) is 3.17. The summed E-state index contributed by atoms with van der Waals surface area (Å²) in [7, 11) is 1.78. The third-order valence-corrected chi connectivity index (χ3v) is 4.49. The number of hydrogen-bond acceptors (Lipinski definition) is 6. The normalized spacial score (nSPS) is 15.8. The number of hydrogen-bond donors (Lipinski definition) is 2. The average molecular weight is 533 g/mol. The lowest BCUT2D eigenvalue weighted by molar-refractivity contribution is 0.0502. The molecule has 2 rings (SSSR count). The fourth-order valence-corrected chi connectivity index (χ4v) is 3.17. The van der Waals surface area contributed by atoms with Crippen LogP contribution in [0.2, 0.25) is 0 Å². The standard InChI is InChI=1S/C20H35N7O2.HI/c1-6-8-16(25-19(28)29-20(2,3)4)15-24-17(21-5)26-11-13-27(14-12-26)18-22-9-7-10-23-18;/h7,9-10,16H,6,8,11-15H2,1-5H3,(H,21,24)(H,25,28);1H. The first-order valence-corrected chi connectivity index (χ1v) is 10.3. The second-order valence-corrected chi connectivity index (χ2v) is 8.08. The lowest BCUT2D eigenvalue weighted by atomic mass is 10.1. The van der Waals surface area contributed by atoms with Crippen LogP contribution in [0.5, 0.6) is 0 Å². The summed E-state index contributed by atoms with van der Waals surface area (Å²) in [5.74, 6) is 1.60. The van der Waals surface area contributed by atoms with Gasteiger partial charge in [0.05, 0.1) is 0 Å². The number of piperazine rings is 1. The lowest BCUT2D eigenvalue weighted by Gasteiger charge is -2.36. The third-order valence-electron chi connectivity index (χ3n) is 4.49. The molecule has 2 N–H and O–H groups in total. The van der Waals surface area contributed by atoms with Gasteiger partial charge in [-0.05, 0) is 33.3 Å². The maximum atomic E-state index is 12.1. The zero-order valence-corrected chi connectivity index (χ0v) is 21.1. The van der Waals surface area contributed by atoms with E-state index in [-0.39, 0.29) is 36.1 Å². The summed E-state index contributed by atoms with van der Waals surface area (Å²) in [6.45, 7) is 11.6. The Hall–Kier alpha value is -1.85. The number of nitrogens with zero attached hydrogens (tertiary/aromatic N) is 5. The van der Waals surface area contributed by atoms with Gasteiger partial charge >= 0.3 is 6.09 Å². The van der Waals surface area contributed by atoms with Gasteiger partial charge < -0.3 is 25.2 Å². The highest BCUT2D eigenvalue weighted by atomic mass is 127. The van der Waals surface area contributed by atoms with E-state index in [9.17, 15) is 4.79 Å². The van der Waals surface area contributed by atoms with E-state index in [1.54, 1.807) is 19.4 Å². The Morgan fingerprint density at radius 2 is 1.87 bits per heavy atom. The Bertz CT molecular complexity index is 659. The molecule has 1 aliphatic rings. The van der Waals surface area contributed by atoms with Crippen LogP contribution >= 0.6 is 24.0 Å². The summed E-state index contributed by atoms with van der Waals surface area (Å²) in [4.78, 5) is 29.6. The van der Waals surface area contributed by atoms with Crippen molar-refractivity contribution in [1.82, 2.24) is 25.5 Å². The number of carbonyl (C=O) groups is 1. The number of aromatic nitrogens is 2. The Balaban J connectivity index is 0.00000450. The van der Waals surface area contributed by atoms with Crippen LogP contribution in [-0.2, 0) is 4.74 Å². The minimum absolute atomic E-state index is 0. The van der Waals surface area contributed by atoms with Gasteiger partial charge in [-0.15, -0.1) is 24.0 Å². The summed E-state index contributed by atoms with van der Waals surface area (Å²) in [6.07, 6.45) is 4.98. The molecule has 170 valence electrons. The molecule has 1 fully saturated rings. The largest absolute Gasteiger partial charge is 0.444 e. The van der Waals surface area contributed by atoms with E-state index >= 15 is 0 Å². The van der Waals surface area contributed by atoms with Crippen molar-refractivity contribution < 1.29 is 9.53 Å². The van der Waals surface area contributed by atoms with E-state index in [1.807, 2.05) is 26.8 Å². The molecule has 9 nitrogen and oxygen atoms in total. The van der Waals surface area contributed by atoms with Crippen molar-refractivity contribution in [3.05, 3.63) is 18.5 Å². The third kappa shape index (κ3) is 8.88. The molecule has 1 atom stereocenters. The Labute approximate surface area is 197 Å². The zero-order valence-electron chi connectivity index (χ0n) is 18.7. The van der Waals surface area contributed by atoms with Gasteiger partial charge in [0.1, 0.15) is 5.60 Å². The SMILES string of the molecule is CCCC(CNC(=NC)N1CCN(c2ncccn2)CC1)NC(=O)OC(C)(C)C.I. The first-order valence-electron chi connectivity index (χ1n) is 10.3. The average Bonchev–Trinajstić information content (AvgIpc) is 2.68. The predicted molar refractivity (Wildman–Crippen MR) is 131 cm³/mol. The van der Waals surface area contributed by atoms with Crippen LogP contribution < -0.4 is 15.5 Å². The van der Waals surface area contributed by atoms with Crippen LogP contribution in [0, 0.1) is 0 Å². The summed E-state index contributed by atoms with van der Waals surface area (Å²) < 4.78 is 5.38. The number of alkyl carbamates (subject to hydrolysis) is 1. The molecule has 10 heteroatoms. The van der Waals surface area contributed by atoms with Gasteiger partial charge in [-0.25, -0.2) is 14.8 Å². The smallest absolute Gasteiger partial charge is 0.407 e. The molecule has 30 heavy (non-hydrogen) atoms. The molecule has 1 aromatic rings. The Morgan fingerprint density at radius 1 is 1.23 bits per heavy atom. The van der Waals surface area contributed by atoms with Gasteiger partial charge in [0.25, 0.3) is 0 Å². The van der Waals surface area contributed by atoms with Gasteiger partial charge in [0.2, 0.25) is 5.95 Å². The summed E-state index contributed by atoms with van der Waals surface area (Å²) >= 11 is 0. The molecular formula is C20H36IN7O2. The quantitative estimate of drug-likeness (QED) is 0.330. The maximum absolute atomic E-state index is 12.1. The number of carbonyl (C=O) groups excluding carboxylic acids is 1. The van der Waals surface area contributed by atoms with E-state index in [1.165, 1.54) is 0 Å². The van der Waals surface area contributed by atoms with E-state index in [0.29, 0.717) is 6.54 Å². The van der Waals surface area contributed by atoms with Gasteiger partial charge in [-0.3, -0.25) is 4.99 Å². The molecule has 1 saturated heterocycles. The second-order valence-electron chi connectivity index (χ2n) is 8.08. The number of aliphatic imine (C=N–C) groups is 1. The van der Waals surface area contributed by atoms with Crippen molar-refractivity contribution in [3.63, 3.8) is 0 Å². The van der Waals surface area contributed by atoms with Gasteiger partial charge in [-0.1, -0.05) is 13.3 Å². The van der Waals surface area contributed by atoms with Crippen LogP contribution in [-0.4, -0.2) is 78.3 Å². The Morgan fingerprint density at radius 3 is 2.40 bits per heavy atom. The van der Waals surface area contributed by atoms with Crippen LogP contribution in [0.1, 0.15) is 40.5 Å². The van der Waals surface area contributed by atoms with Crippen LogP contribution in [0.25, 0.3) is 0 Å². The van der Waals surface area contributed by atoms with Crippen LogP contribution in [0.15, 0.2) is 23.5 Å². The Kier molecular flexibility index (Phi) is 11.1. The molecular weight excluding hydrogens is 497 g/mol. The number of rotatable bonds is 6. The van der Waals surface area contributed by atoms with E-state index in [4.69, 9.17) is 4.74 Å². The minimum Gasteiger partial charge on any atom is -0.444 e. The molecule has 0 radical (unpaired) electrons. The van der Waals surface area contributed by atoms with E-state index in [0.717, 1.165) is 50.9 Å². The second kappa shape index (κ2) is 12.8. The molecule has 0 aliphatic carbocycles. The number of anilines is 1. The molecule has 0 aromatic carbocycles. The first-order chi connectivity index (χ1) is 13.8. The van der Waals surface area contributed by atoms with Crippen molar-refractivity contribution >= 4 is 42.0 Å². The van der Waals surface area contributed by atoms with E-state index in [2.05, 4.69) is 42.3 Å². The summed E-state index contributed by atoms with van der Waals surface area (Å²) in [6, 6.07) is 1.80. The zero-order chi connectivity index (χ0) is 21.3. The molecule has 1 unspecified atom stereocenters. The van der Waals surface area contributed by atoms with Crippen molar-refractivity contribution in [1.29, 1.82) is 0 Å². The van der Waals surface area contributed by atoms with Gasteiger partial charge in [-0.2, -0.15) is 0 Å². The lowest BCUT2D eigenvalue weighted by Crippen LogP contribution is -2.55. The van der Waals surface area contributed by atoms with Crippen molar-refractivity contribution in [2.75, 3.05) is 44.7 Å². The first kappa shape index (κ1) is 26.2. The van der Waals surface area contributed by atoms with Crippen LogP contribution in [0.4, 0.5) is 10.7 Å². The summed E-state index contributed by atoms with van der Waals surface area (Å²) in [5.41, 5.74) is -0.507. The molecule has 1 aromatic heterocycles. The highest BCUT2D eigenvalue weighted by molar-refractivity contribution is 14.0. The molecule has 1 aliphatic heterocycles. The number of ether oxygens (including phenoxy) is 1. The van der Waals surface area contributed by atoms with Crippen molar-refractivity contribution in [2.24, 2.45) is 4.99 Å². The highest BCUT2D eigenvalue weighted by Crippen LogP contribution is 2.10. The monoisotopic (exact) mass is 533 g/mol. The highest BCUT2D eigenvalue weighted by Gasteiger charge is 2.23. The minimum atomic E-state index is -0.507. The topological polar surface area (TPSA) is 95.0 Å². The number of halogens is 1. The van der Waals surface area contributed by atoms with Crippen molar-refractivity contribution in [3.8, 4) is 0 Å². The number of amides is 1. The maximum Gasteiger partial charge on any atom is 0.407 e. The predicted octanol–water partition coefficient (Wildman–Crippen LogP) is 2.49. The molecule has 0 saturated carbocycles.